The topological polar surface area (TPSA) is 237 Å². The van der Waals surface area contributed by atoms with Gasteiger partial charge in [0.15, 0.2) is 12.2 Å². The van der Waals surface area contributed by atoms with E-state index >= 15 is 0 Å². The first-order chi connectivity index (χ1) is 47.7. The molecular weight excluding hydrogens is 1280 g/mol. The van der Waals surface area contributed by atoms with Crippen LogP contribution in [0.2, 0.25) is 0 Å². The van der Waals surface area contributed by atoms with Crippen molar-refractivity contribution >= 4 is 39.5 Å². The Hall–Kier alpha value is -4.28. The number of hydrogen-bond donors (Lipinski definition) is 3. The highest BCUT2D eigenvalue weighted by atomic mass is 31.2. The first kappa shape index (κ1) is 93.7. The summed E-state index contributed by atoms with van der Waals surface area (Å²) < 4.78 is 68.4. The molecule has 5 unspecified atom stereocenters. The van der Waals surface area contributed by atoms with Crippen molar-refractivity contribution in [3.63, 3.8) is 0 Å². The summed E-state index contributed by atoms with van der Waals surface area (Å²) in [5.41, 5.74) is 0. The zero-order valence-electron chi connectivity index (χ0n) is 61.4. The molecule has 0 rings (SSSR count). The standard InChI is InChI=1S/C79H136O17P2/c1-5-9-13-17-21-25-29-33-36-40-43-47-51-55-59-63-76(81)89-69-74(95-78(83)65-61-57-53-49-45-39-32-28-24-20-16-12-8-4)71-93-97(85,86)91-67-73(80)68-92-98(87,88)94-72-75(96-79(84)66-62-58-54-50-46-42-38-35-31-27-23-19-15-11-7-3)70-90-77(82)64-60-56-52-48-44-41-37-34-30-26-22-18-14-10-6-2/h10-11,14-16,20,22-23,26-28,32,34-35,37-38,44,48,73-75,80H,5-9,12-13,17-19,21,24-25,29-31,33,36,39-43,45-47,49-72H2,1-4H3,(H,85,86)(H,87,88)/b14-10-,15-11-,20-16-,26-22-,27-23-,32-28-,37-34-,38-35-,48-44-. The Morgan fingerprint density at radius 2 is 0.551 bits per heavy atom. The molecule has 98 heavy (non-hydrogen) atoms. The Kier molecular flexibility index (Phi) is 68.0. The zero-order valence-corrected chi connectivity index (χ0v) is 63.2. The third-order valence-corrected chi connectivity index (χ3v) is 17.6. The van der Waals surface area contributed by atoms with E-state index in [-0.39, 0.29) is 25.7 Å². The normalized spacial score (nSPS) is 14.6. The van der Waals surface area contributed by atoms with Gasteiger partial charge in [0.2, 0.25) is 0 Å². The number of unbranched alkanes of at least 4 members (excludes halogenated alkanes) is 27. The van der Waals surface area contributed by atoms with Crippen LogP contribution in [-0.4, -0.2) is 96.7 Å². The Bertz CT molecular complexity index is 2290. The predicted octanol–water partition coefficient (Wildman–Crippen LogP) is 21.8. The van der Waals surface area contributed by atoms with Gasteiger partial charge in [-0.2, -0.15) is 0 Å². The molecule has 5 atom stereocenters. The largest absolute Gasteiger partial charge is 0.472 e. The van der Waals surface area contributed by atoms with Gasteiger partial charge in [-0.3, -0.25) is 37.3 Å². The van der Waals surface area contributed by atoms with Crippen LogP contribution >= 0.6 is 15.6 Å². The van der Waals surface area contributed by atoms with E-state index in [0.29, 0.717) is 25.7 Å². The lowest BCUT2D eigenvalue weighted by atomic mass is 10.0. The van der Waals surface area contributed by atoms with E-state index in [1.165, 1.54) is 70.6 Å². The van der Waals surface area contributed by atoms with Crippen LogP contribution < -0.4 is 0 Å². The SMILES string of the molecule is CC/C=C\C/C=C\C/C=C\C/C=C\CCCCC(=O)OCC(COP(=O)(O)OCC(O)COP(=O)(O)OCC(COC(=O)CCCCCCCCCCCCCCCCC)OC(=O)CCCCCCC/C=C\C/C=C\CCC)OC(=O)CCCCCCC/C=C\C/C=C\C/C=C\CC. The summed E-state index contributed by atoms with van der Waals surface area (Å²) in [6, 6.07) is 0. The van der Waals surface area contributed by atoms with Gasteiger partial charge in [0.1, 0.15) is 19.3 Å². The minimum absolute atomic E-state index is 0.0646. The fourth-order valence-electron chi connectivity index (χ4n) is 9.97. The smallest absolute Gasteiger partial charge is 0.462 e. The summed E-state index contributed by atoms with van der Waals surface area (Å²) in [4.78, 5) is 72.8. The number of ether oxygens (including phenoxy) is 4. The summed E-state index contributed by atoms with van der Waals surface area (Å²) in [5, 5.41) is 10.6. The first-order valence-electron chi connectivity index (χ1n) is 38.1. The predicted molar refractivity (Wildman–Crippen MR) is 399 cm³/mol. The van der Waals surface area contributed by atoms with Crippen molar-refractivity contribution in [1.29, 1.82) is 0 Å². The monoisotopic (exact) mass is 1420 g/mol. The average Bonchev–Trinajstić information content (AvgIpc) is 1.04. The highest BCUT2D eigenvalue weighted by Crippen LogP contribution is 2.45. The lowest BCUT2D eigenvalue weighted by Crippen LogP contribution is -2.30. The van der Waals surface area contributed by atoms with Gasteiger partial charge < -0.3 is 33.8 Å². The number of esters is 4. The number of carbonyl (C=O) groups excluding carboxylic acids is 4. The lowest BCUT2D eigenvalue weighted by Gasteiger charge is -2.21. The summed E-state index contributed by atoms with van der Waals surface area (Å²) in [7, 11) is -9.97. The third kappa shape index (κ3) is 70.2. The van der Waals surface area contributed by atoms with Crippen molar-refractivity contribution in [3.8, 4) is 0 Å². The maximum absolute atomic E-state index is 13.1. The van der Waals surface area contributed by atoms with Crippen molar-refractivity contribution < 1.29 is 80.2 Å². The number of phosphoric acid groups is 2. The van der Waals surface area contributed by atoms with Gasteiger partial charge in [0, 0.05) is 25.7 Å². The summed E-state index contributed by atoms with van der Waals surface area (Å²) in [6.45, 7) is 4.52. The second-order valence-electron chi connectivity index (χ2n) is 25.2. The Labute approximate surface area is 594 Å². The molecule has 564 valence electrons. The molecule has 0 aromatic carbocycles. The number of carbonyl (C=O) groups is 4. The number of hydrogen-bond acceptors (Lipinski definition) is 15. The van der Waals surface area contributed by atoms with Gasteiger partial charge in [0.25, 0.3) is 0 Å². The van der Waals surface area contributed by atoms with Crippen LogP contribution in [0.5, 0.6) is 0 Å². The average molecular weight is 1420 g/mol. The highest BCUT2D eigenvalue weighted by Gasteiger charge is 2.30. The van der Waals surface area contributed by atoms with Gasteiger partial charge in [-0.1, -0.05) is 272 Å². The van der Waals surface area contributed by atoms with Crippen molar-refractivity contribution in [2.75, 3.05) is 39.6 Å². The molecule has 0 saturated carbocycles. The van der Waals surface area contributed by atoms with Crippen LogP contribution in [0, 0.1) is 0 Å². The van der Waals surface area contributed by atoms with E-state index in [0.717, 1.165) is 161 Å². The molecule has 0 amide bonds. The zero-order chi connectivity index (χ0) is 71.8. The molecule has 0 spiro atoms. The molecular formula is C79H136O17P2. The molecule has 0 aliphatic rings. The molecule has 0 bridgehead atoms. The maximum atomic E-state index is 13.1. The van der Waals surface area contributed by atoms with E-state index in [1.807, 2.05) is 0 Å². The summed E-state index contributed by atoms with van der Waals surface area (Å²) in [5.74, 6) is -2.25. The second kappa shape index (κ2) is 71.1. The fraction of sp³-hybridized carbons (Fsp3) is 0.722. The molecule has 3 N–H and O–H groups in total. The molecule has 17 nitrogen and oxygen atoms in total. The van der Waals surface area contributed by atoms with Gasteiger partial charge in [-0.25, -0.2) is 9.13 Å². The van der Waals surface area contributed by atoms with Gasteiger partial charge >= 0.3 is 39.5 Å². The van der Waals surface area contributed by atoms with E-state index < -0.39 is 97.5 Å². The minimum atomic E-state index is -4.99. The van der Waals surface area contributed by atoms with E-state index in [4.69, 9.17) is 37.0 Å². The number of allylic oxidation sites excluding steroid dienone is 18. The van der Waals surface area contributed by atoms with E-state index in [9.17, 15) is 43.2 Å². The van der Waals surface area contributed by atoms with Crippen molar-refractivity contribution in [2.45, 2.75) is 329 Å². The summed E-state index contributed by atoms with van der Waals surface area (Å²) >= 11 is 0. The molecule has 0 saturated heterocycles. The van der Waals surface area contributed by atoms with Crippen molar-refractivity contribution in [3.05, 3.63) is 109 Å². The van der Waals surface area contributed by atoms with Crippen LogP contribution in [0.15, 0.2) is 109 Å². The van der Waals surface area contributed by atoms with Gasteiger partial charge in [0.05, 0.1) is 26.4 Å². The molecule has 0 fully saturated rings. The van der Waals surface area contributed by atoms with Crippen molar-refractivity contribution in [1.82, 2.24) is 0 Å². The van der Waals surface area contributed by atoms with Crippen LogP contribution in [0.4, 0.5) is 0 Å². The van der Waals surface area contributed by atoms with Crippen molar-refractivity contribution in [2.24, 2.45) is 0 Å². The Morgan fingerprint density at radius 3 is 0.878 bits per heavy atom. The van der Waals surface area contributed by atoms with Crippen LogP contribution in [-0.2, 0) is 65.4 Å². The van der Waals surface area contributed by atoms with Crippen LogP contribution in [0.25, 0.3) is 0 Å². The quantitative estimate of drug-likeness (QED) is 0.0169. The number of rotatable bonds is 71. The lowest BCUT2D eigenvalue weighted by molar-refractivity contribution is -0.161. The molecule has 19 heteroatoms. The number of aliphatic hydroxyl groups is 1. The van der Waals surface area contributed by atoms with Gasteiger partial charge in [-0.05, 0) is 122 Å². The maximum Gasteiger partial charge on any atom is 0.472 e. The van der Waals surface area contributed by atoms with E-state index in [2.05, 4.69) is 137 Å². The molecule has 0 aromatic rings. The highest BCUT2D eigenvalue weighted by molar-refractivity contribution is 7.47. The molecule has 0 aromatic heterocycles. The third-order valence-electron chi connectivity index (χ3n) is 15.7. The molecule has 0 aliphatic heterocycles. The Balaban J connectivity index is 5.39. The number of phosphoric ester groups is 2. The van der Waals surface area contributed by atoms with Crippen LogP contribution in [0.3, 0.4) is 0 Å². The number of aliphatic hydroxyl groups excluding tert-OH is 1. The second-order valence-corrected chi connectivity index (χ2v) is 28.1. The minimum Gasteiger partial charge on any atom is -0.462 e. The molecule has 0 heterocycles. The van der Waals surface area contributed by atoms with E-state index in [1.54, 1.807) is 0 Å². The summed E-state index contributed by atoms with van der Waals surface area (Å²) in [6.07, 6.45) is 75.1. The molecule has 0 aliphatic carbocycles. The first-order valence-corrected chi connectivity index (χ1v) is 41.1. The fourth-order valence-corrected chi connectivity index (χ4v) is 11.5. The Morgan fingerprint density at radius 1 is 0.296 bits per heavy atom. The van der Waals surface area contributed by atoms with Gasteiger partial charge in [-0.15, -0.1) is 0 Å². The van der Waals surface area contributed by atoms with Crippen LogP contribution in [0.1, 0.15) is 310 Å². The molecule has 0 radical (unpaired) electrons.